The van der Waals surface area contributed by atoms with E-state index < -0.39 is 5.41 Å². The molecule has 0 unspecified atom stereocenters. The third-order valence-corrected chi connectivity index (χ3v) is 7.54. The molecule has 188 valence electrons. The summed E-state index contributed by atoms with van der Waals surface area (Å²) < 4.78 is 16.0. The minimum atomic E-state index is -0.928. The summed E-state index contributed by atoms with van der Waals surface area (Å²) in [6.45, 7) is 3.74. The summed E-state index contributed by atoms with van der Waals surface area (Å²) in [7, 11) is 0. The van der Waals surface area contributed by atoms with Gasteiger partial charge >= 0.3 is 0 Å². The van der Waals surface area contributed by atoms with E-state index in [1.54, 1.807) is 49.0 Å². The Labute approximate surface area is 213 Å². The summed E-state index contributed by atoms with van der Waals surface area (Å²) >= 11 is 0. The SMILES string of the molecule is CC1(C)C(=O)Nc2nc(-c3nn(Cc4ccccc4F)c4ncccc34)nc(C(=O)CC3CCCC3)c21. The van der Waals surface area contributed by atoms with Crippen molar-refractivity contribution in [1.82, 2.24) is 24.7 Å². The molecule has 37 heavy (non-hydrogen) atoms. The third-order valence-electron chi connectivity index (χ3n) is 7.54. The van der Waals surface area contributed by atoms with Crippen LogP contribution in [0.25, 0.3) is 22.6 Å². The lowest BCUT2D eigenvalue weighted by atomic mass is 9.83. The second-order valence-electron chi connectivity index (χ2n) is 10.4. The standard InChI is InChI=1S/C28H27FN6O2/c1-28(2)21-23(20(36)14-16-8-3-4-9-16)31-25(32-24(21)33-27(28)37)22-18-11-7-13-30-26(18)35(34-22)15-17-10-5-6-12-19(17)29/h5-7,10-13,16H,3-4,8-9,14-15H2,1-2H3,(H,31,32,33,37). The molecule has 0 atom stereocenters. The second kappa shape index (κ2) is 8.83. The highest BCUT2D eigenvalue weighted by Crippen LogP contribution is 2.41. The van der Waals surface area contributed by atoms with Crippen molar-refractivity contribution in [1.29, 1.82) is 0 Å². The van der Waals surface area contributed by atoms with Gasteiger partial charge in [-0.2, -0.15) is 5.10 Å². The first kappa shape index (κ1) is 23.4. The monoisotopic (exact) mass is 498 g/mol. The zero-order chi connectivity index (χ0) is 25.7. The van der Waals surface area contributed by atoms with Crippen LogP contribution in [-0.2, 0) is 16.8 Å². The van der Waals surface area contributed by atoms with Gasteiger partial charge in [0.15, 0.2) is 17.3 Å². The van der Waals surface area contributed by atoms with Gasteiger partial charge in [-0.1, -0.05) is 43.9 Å². The van der Waals surface area contributed by atoms with E-state index in [1.807, 2.05) is 6.07 Å². The van der Waals surface area contributed by atoms with Crippen LogP contribution < -0.4 is 5.32 Å². The fourth-order valence-corrected chi connectivity index (χ4v) is 5.47. The largest absolute Gasteiger partial charge is 0.310 e. The van der Waals surface area contributed by atoms with Crippen molar-refractivity contribution in [3.8, 4) is 11.5 Å². The number of ketones is 1. The molecule has 1 aromatic carbocycles. The lowest BCUT2D eigenvalue weighted by Crippen LogP contribution is -2.29. The number of pyridine rings is 1. The molecule has 1 aliphatic carbocycles. The van der Waals surface area contributed by atoms with Crippen LogP contribution in [0.5, 0.6) is 0 Å². The molecule has 8 nitrogen and oxygen atoms in total. The molecule has 1 N–H and O–H groups in total. The smallest absolute Gasteiger partial charge is 0.235 e. The molecule has 1 aliphatic heterocycles. The zero-order valence-corrected chi connectivity index (χ0v) is 20.8. The Morgan fingerprint density at radius 3 is 2.70 bits per heavy atom. The number of fused-ring (bicyclic) bond motifs is 2. The lowest BCUT2D eigenvalue weighted by molar-refractivity contribution is -0.119. The molecular weight excluding hydrogens is 471 g/mol. The molecule has 9 heteroatoms. The number of amides is 1. The number of nitrogens with one attached hydrogen (secondary N) is 1. The zero-order valence-electron chi connectivity index (χ0n) is 20.8. The van der Waals surface area contributed by atoms with Gasteiger partial charge in [-0.25, -0.2) is 24.0 Å². The molecule has 1 saturated carbocycles. The number of Topliss-reactive ketones (excluding diaryl/α,β-unsaturated/α-hetero) is 1. The van der Waals surface area contributed by atoms with Crippen molar-refractivity contribution < 1.29 is 14.0 Å². The Bertz CT molecular complexity index is 1550. The predicted octanol–water partition coefficient (Wildman–Crippen LogP) is 5.07. The van der Waals surface area contributed by atoms with Gasteiger partial charge in [0.2, 0.25) is 5.91 Å². The van der Waals surface area contributed by atoms with Gasteiger partial charge in [-0.3, -0.25) is 9.59 Å². The molecular formula is C28H27FN6O2. The van der Waals surface area contributed by atoms with E-state index in [1.165, 1.54) is 6.07 Å². The van der Waals surface area contributed by atoms with E-state index in [4.69, 9.17) is 10.1 Å². The van der Waals surface area contributed by atoms with Crippen molar-refractivity contribution in [3.63, 3.8) is 0 Å². The van der Waals surface area contributed by atoms with Crippen molar-refractivity contribution in [3.05, 3.63) is 65.2 Å². The predicted molar refractivity (Wildman–Crippen MR) is 137 cm³/mol. The third kappa shape index (κ3) is 3.98. The van der Waals surface area contributed by atoms with Crippen LogP contribution in [0.4, 0.5) is 10.2 Å². The van der Waals surface area contributed by atoms with Crippen molar-refractivity contribution in [2.24, 2.45) is 5.92 Å². The maximum absolute atomic E-state index is 14.4. The Hall–Kier alpha value is -4.01. The molecule has 1 fully saturated rings. The van der Waals surface area contributed by atoms with E-state index in [0.717, 1.165) is 25.7 Å². The van der Waals surface area contributed by atoms with Gasteiger partial charge in [0.1, 0.15) is 23.0 Å². The minimum Gasteiger partial charge on any atom is -0.310 e. The number of aromatic nitrogens is 5. The van der Waals surface area contributed by atoms with E-state index in [0.29, 0.717) is 46.0 Å². The van der Waals surface area contributed by atoms with E-state index in [-0.39, 0.29) is 35.6 Å². The number of halogens is 1. The van der Waals surface area contributed by atoms with Crippen LogP contribution in [-0.4, -0.2) is 36.4 Å². The topological polar surface area (TPSA) is 103 Å². The number of hydrogen-bond donors (Lipinski definition) is 1. The highest BCUT2D eigenvalue weighted by molar-refractivity contribution is 6.09. The summed E-state index contributed by atoms with van der Waals surface area (Å²) in [5.41, 5.74) is 1.33. The fraction of sp³-hybridized carbons (Fsp3) is 0.357. The molecule has 0 radical (unpaired) electrons. The Kier molecular flexibility index (Phi) is 5.58. The van der Waals surface area contributed by atoms with Crippen molar-refractivity contribution in [2.75, 3.05) is 5.32 Å². The average Bonchev–Trinajstić information content (AvgIpc) is 3.58. The molecule has 0 spiro atoms. The van der Waals surface area contributed by atoms with Crippen LogP contribution in [0.15, 0.2) is 42.6 Å². The highest BCUT2D eigenvalue weighted by atomic mass is 19.1. The van der Waals surface area contributed by atoms with Crippen molar-refractivity contribution >= 4 is 28.5 Å². The van der Waals surface area contributed by atoms with Gasteiger partial charge in [0.05, 0.1) is 17.3 Å². The first-order valence-corrected chi connectivity index (χ1v) is 12.7. The number of carbonyl (C=O) groups is 2. The first-order chi connectivity index (χ1) is 17.8. The maximum atomic E-state index is 14.4. The minimum absolute atomic E-state index is 0.0791. The van der Waals surface area contributed by atoms with E-state index in [2.05, 4.69) is 15.3 Å². The van der Waals surface area contributed by atoms with Gasteiger partial charge in [0, 0.05) is 23.7 Å². The number of carbonyl (C=O) groups excluding carboxylic acids is 2. The van der Waals surface area contributed by atoms with E-state index >= 15 is 0 Å². The molecule has 4 aromatic rings. The van der Waals surface area contributed by atoms with Crippen LogP contribution in [0.3, 0.4) is 0 Å². The van der Waals surface area contributed by atoms with Crippen LogP contribution in [0.1, 0.15) is 67.6 Å². The Morgan fingerprint density at radius 1 is 1.14 bits per heavy atom. The van der Waals surface area contributed by atoms with Gasteiger partial charge in [-0.05, 0) is 38.0 Å². The quantitative estimate of drug-likeness (QED) is 0.373. The van der Waals surface area contributed by atoms with Crippen LogP contribution >= 0.6 is 0 Å². The summed E-state index contributed by atoms with van der Waals surface area (Å²) in [5, 5.41) is 8.24. The summed E-state index contributed by atoms with van der Waals surface area (Å²) in [5.74, 6) is 0.277. The number of nitrogens with zero attached hydrogens (tertiary/aromatic N) is 5. The van der Waals surface area contributed by atoms with Gasteiger partial charge < -0.3 is 5.32 Å². The molecule has 3 aromatic heterocycles. The van der Waals surface area contributed by atoms with Crippen LogP contribution in [0.2, 0.25) is 0 Å². The second-order valence-corrected chi connectivity index (χ2v) is 10.4. The summed E-state index contributed by atoms with van der Waals surface area (Å²) in [6, 6.07) is 10.2. The first-order valence-electron chi connectivity index (χ1n) is 12.7. The average molecular weight is 499 g/mol. The van der Waals surface area contributed by atoms with Gasteiger partial charge in [-0.15, -0.1) is 0 Å². The number of benzene rings is 1. The number of anilines is 1. The lowest BCUT2D eigenvalue weighted by Gasteiger charge is -2.18. The molecule has 1 amide bonds. The van der Waals surface area contributed by atoms with Crippen molar-refractivity contribution in [2.45, 2.75) is 57.9 Å². The molecule has 2 aliphatic rings. The van der Waals surface area contributed by atoms with Gasteiger partial charge in [0.25, 0.3) is 0 Å². The molecule has 0 saturated heterocycles. The molecule has 6 rings (SSSR count). The number of hydrogen-bond acceptors (Lipinski definition) is 6. The highest BCUT2D eigenvalue weighted by Gasteiger charge is 2.44. The summed E-state index contributed by atoms with van der Waals surface area (Å²) in [4.78, 5) is 40.3. The Balaban J connectivity index is 1.49. The summed E-state index contributed by atoms with van der Waals surface area (Å²) in [6.07, 6.45) is 6.38. The normalized spacial score (nSPS) is 16.8. The van der Waals surface area contributed by atoms with Crippen LogP contribution in [0, 0.1) is 11.7 Å². The fourth-order valence-electron chi connectivity index (χ4n) is 5.47. The number of rotatable bonds is 6. The Morgan fingerprint density at radius 2 is 1.92 bits per heavy atom. The van der Waals surface area contributed by atoms with E-state index in [9.17, 15) is 14.0 Å². The maximum Gasteiger partial charge on any atom is 0.235 e. The molecule has 4 heterocycles. The molecule has 0 bridgehead atoms.